The molecule has 2 rings (SSSR count). The zero-order valence-corrected chi connectivity index (χ0v) is 13.0. The van der Waals surface area contributed by atoms with Crippen LogP contribution in [0.4, 0.5) is 0 Å². The van der Waals surface area contributed by atoms with Crippen LogP contribution in [0, 0.1) is 19.8 Å². The zero-order valence-electron chi connectivity index (χ0n) is 12.2. The molecule has 0 saturated carbocycles. The molecular weight excluding hydrogens is 242 g/mol. The molecular formula is C14H25N3S. The average Bonchev–Trinajstić information content (AvgIpc) is 2.67. The summed E-state index contributed by atoms with van der Waals surface area (Å²) < 4.78 is 0. The van der Waals surface area contributed by atoms with Crippen molar-refractivity contribution in [1.29, 1.82) is 0 Å². The summed E-state index contributed by atoms with van der Waals surface area (Å²) in [7, 11) is 0. The molecule has 0 radical (unpaired) electrons. The van der Waals surface area contributed by atoms with Crippen LogP contribution in [0.5, 0.6) is 0 Å². The number of rotatable bonds is 3. The number of nitrogens with zero attached hydrogens (tertiary/aromatic N) is 2. The van der Waals surface area contributed by atoms with Crippen LogP contribution in [-0.2, 0) is 0 Å². The Balaban J connectivity index is 2.20. The van der Waals surface area contributed by atoms with Crippen LogP contribution >= 0.6 is 11.3 Å². The molecule has 3 nitrogen and oxygen atoms in total. The van der Waals surface area contributed by atoms with Gasteiger partial charge in [-0.05, 0) is 26.7 Å². The fourth-order valence-electron chi connectivity index (χ4n) is 2.93. The average molecular weight is 267 g/mol. The van der Waals surface area contributed by atoms with Crippen molar-refractivity contribution in [2.24, 2.45) is 5.92 Å². The molecule has 0 spiro atoms. The molecule has 1 N–H and O–H groups in total. The van der Waals surface area contributed by atoms with Gasteiger partial charge in [-0.1, -0.05) is 13.8 Å². The molecule has 1 aliphatic rings. The summed E-state index contributed by atoms with van der Waals surface area (Å²) in [5.41, 5.74) is 1.21. The van der Waals surface area contributed by atoms with Gasteiger partial charge in [-0.2, -0.15) is 0 Å². The first-order valence-corrected chi connectivity index (χ1v) is 7.72. The van der Waals surface area contributed by atoms with Gasteiger partial charge >= 0.3 is 0 Å². The van der Waals surface area contributed by atoms with E-state index in [1.54, 1.807) is 0 Å². The molecule has 0 aliphatic carbocycles. The van der Waals surface area contributed by atoms with Gasteiger partial charge in [0.15, 0.2) is 0 Å². The van der Waals surface area contributed by atoms with Crippen LogP contribution in [0.15, 0.2) is 0 Å². The van der Waals surface area contributed by atoms with E-state index >= 15 is 0 Å². The summed E-state index contributed by atoms with van der Waals surface area (Å²) in [5.74, 6) is 0.689. The van der Waals surface area contributed by atoms with Crippen molar-refractivity contribution < 1.29 is 0 Å². The number of hydrogen-bond donors (Lipinski definition) is 1. The molecule has 18 heavy (non-hydrogen) atoms. The Morgan fingerprint density at radius 1 is 1.33 bits per heavy atom. The molecule has 1 aromatic heterocycles. The third-order valence-electron chi connectivity index (χ3n) is 3.91. The van der Waals surface area contributed by atoms with Gasteiger partial charge in [0.25, 0.3) is 0 Å². The fraction of sp³-hybridized carbons (Fsp3) is 0.786. The summed E-state index contributed by atoms with van der Waals surface area (Å²) in [6.07, 6.45) is 0. The Morgan fingerprint density at radius 3 is 2.61 bits per heavy atom. The summed E-state index contributed by atoms with van der Waals surface area (Å²) in [4.78, 5) is 8.67. The van der Waals surface area contributed by atoms with Crippen molar-refractivity contribution in [3.05, 3.63) is 15.6 Å². The number of aromatic nitrogens is 1. The lowest BCUT2D eigenvalue weighted by molar-refractivity contribution is 0.0855. The molecule has 1 aromatic rings. The van der Waals surface area contributed by atoms with E-state index in [0.29, 0.717) is 18.0 Å². The lowest BCUT2D eigenvalue weighted by Gasteiger charge is -2.42. The molecule has 102 valence electrons. The maximum Gasteiger partial charge on any atom is 0.0900 e. The Bertz CT molecular complexity index is 400. The van der Waals surface area contributed by atoms with Gasteiger partial charge < -0.3 is 5.32 Å². The van der Waals surface area contributed by atoms with Gasteiger partial charge in [0, 0.05) is 36.6 Å². The summed E-state index contributed by atoms with van der Waals surface area (Å²) in [5, 5.41) is 4.70. The Labute approximate surface area is 115 Å². The molecule has 2 heterocycles. The minimum atomic E-state index is 0.491. The van der Waals surface area contributed by atoms with E-state index in [2.05, 4.69) is 49.8 Å². The second kappa shape index (κ2) is 5.68. The SMILES string of the molecule is Cc1nc(C)c(C(C)N2CCNCC2C(C)C)s1. The standard InChI is InChI=1S/C14H25N3S/c1-9(2)13-8-15-6-7-17(13)11(4)14-10(3)16-12(5)18-14/h9,11,13,15H,6-8H2,1-5H3. The predicted octanol–water partition coefficient (Wildman–Crippen LogP) is 2.75. The van der Waals surface area contributed by atoms with E-state index < -0.39 is 0 Å². The lowest BCUT2D eigenvalue weighted by Crippen LogP contribution is -2.54. The highest BCUT2D eigenvalue weighted by Crippen LogP contribution is 2.32. The first-order valence-electron chi connectivity index (χ1n) is 6.91. The molecule has 0 aromatic carbocycles. The van der Waals surface area contributed by atoms with E-state index in [0.717, 1.165) is 19.6 Å². The van der Waals surface area contributed by atoms with E-state index in [1.807, 2.05) is 11.3 Å². The minimum absolute atomic E-state index is 0.491. The normalized spacial score (nSPS) is 23.6. The van der Waals surface area contributed by atoms with Crippen molar-refractivity contribution in [3.8, 4) is 0 Å². The minimum Gasteiger partial charge on any atom is -0.314 e. The molecule has 4 heteroatoms. The van der Waals surface area contributed by atoms with E-state index in [-0.39, 0.29) is 0 Å². The molecule has 1 aliphatic heterocycles. The fourth-order valence-corrected chi connectivity index (χ4v) is 3.93. The Kier molecular flexibility index (Phi) is 4.41. The molecule has 2 unspecified atom stereocenters. The van der Waals surface area contributed by atoms with Crippen molar-refractivity contribution in [1.82, 2.24) is 15.2 Å². The molecule has 0 amide bonds. The summed E-state index contributed by atoms with van der Waals surface area (Å²) >= 11 is 1.86. The third kappa shape index (κ3) is 2.76. The number of nitrogens with one attached hydrogen (secondary N) is 1. The highest BCUT2D eigenvalue weighted by atomic mass is 32.1. The van der Waals surface area contributed by atoms with Gasteiger partial charge in [0.05, 0.1) is 10.7 Å². The first kappa shape index (κ1) is 14.0. The number of aryl methyl sites for hydroxylation is 2. The van der Waals surface area contributed by atoms with Gasteiger partial charge in [-0.15, -0.1) is 11.3 Å². The monoisotopic (exact) mass is 267 g/mol. The largest absolute Gasteiger partial charge is 0.314 e. The number of hydrogen-bond acceptors (Lipinski definition) is 4. The Morgan fingerprint density at radius 2 is 2.06 bits per heavy atom. The van der Waals surface area contributed by atoms with Crippen LogP contribution in [0.25, 0.3) is 0 Å². The number of thiazole rings is 1. The lowest BCUT2D eigenvalue weighted by atomic mass is 9.98. The van der Waals surface area contributed by atoms with Crippen LogP contribution in [0.2, 0.25) is 0 Å². The number of piperazine rings is 1. The Hall–Kier alpha value is -0.450. The first-order chi connectivity index (χ1) is 8.50. The molecule has 1 saturated heterocycles. The topological polar surface area (TPSA) is 28.2 Å². The second-order valence-electron chi connectivity index (χ2n) is 5.61. The van der Waals surface area contributed by atoms with Crippen molar-refractivity contribution in [3.63, 3.8) is 0 Å². The summed E-state index contributed by atoms with van der Waals surface area (Å²) in [6, 6.07) is 1.13. The molecule has 2 atom stereocenters. The van der Waals surface area contributed by atoms with Crippen molar-refractivity contribution in [2.45, 2.75) is 46.7 Å². The highest BCUT2D eigenvalue weighted by Gasteiger charge is 2.30. The van der Waals surface area contributed by atoms with E-state index in [9.17, 15) is 0 Å². The van der Waals surface area contributed by atoms with Gasteiger partial charge in [0.2, 0.25) is 0 Å². The zero-order chi connectivity index (χ0) is 13.3. The van der Waals surface area contributed by atoms with Crippen LogP contribution in [0.3, 0.4) is 0 Å². The maximum absolute atomic E-state index is 4.57. The van der Waals surface area contributed by atoms with Gasteiger partial charge in [-0.25, -0.2) is 4.98 Å². The van der Waals surface area contributed by atoms with Gasteiger partial charge in [0.1, 0.15) is 0 Å². The summed E-state index contributed by atoms with van der Waals surface area (Å²) in [6.45, 7) is 14.6. The quantitative estimate of drug-likeness (QED) is 0.913. The molecule has 1 fully saturated rings. The maximum atomic E-state index is 4.57. The highest BCUT2D eigenvalue weighted by molar-refractivity contribution is 7.11. The second-order valence-corrected chi connectivity index (χ2v) is 6.85. The smallest absolute Gasteiger partial charge is 0.0900 e. The van der Waals surface area contributed by atoms with Crippen molar-refractivity contribution in [2.75, 3.05) is 19.6 Å². The van der Waals surface area contributed by atoms with Crippen molar-refractivity contribution >= 4 is 11.3 Å². The van der Waals surface area contributed by atoms with E-state index in [1.165, 1.54) is 15.6 Å². The molecule has 0 bridgehead atoms. The van der Waals surface area contributed by atoms with Crippen LogP contribution in [-0.4, -0.2) is 35.6 Å². The van der Waals surface area contributed by atoms with Crippen LogP contribution in [0.1, 0.15) is 42.4 Å². The van der Waals surface area contributed by atoms with E-state index in [4.69, 9.17) is 0 Å². The third-order valence-corrected chi connectivity index (χ3v) is 5.16. The predicted molar refractivity (Wildman–Crippen MR) is 78.2 cm³/mol. The van der Waals surface area contributed by atoms with Crippen LogP contribution < -0.4 is 5.32 Å². The van der Waals surface area contributed by atoms with Gasteiger partial charge in [-0.3, -0.25) is 4.90 Å².